The van der Waals surface area contributed by atoms with E-state index in [2.05, 4.69) is 28.2 Å². The Morgan fingerprint density at radius 2 is 1.81 bits per heavy atom. The van der Waals surface area contributed by atoms with Crippen LogP contribution in [0.1, 0.15) is 5.56 Å². The zero-order chi connectivity index (χ0) is 14.5. The summed E-state index contributed by atoms with van der Waals surface area (Å²) < 4.78 is 5.17. The number of para-hydroxylation sites is 1. The molecule has 0 spiro atoms. The van der Waals surface area contributed by atoms with Crippen LogP contribution in [0.4, 0.5) is 0 Å². The van der Waals surface area contributed by atoms with Crippen molar-refractivity contribution in [3.8, 4) is 5.75 Å². The van der Waals surface area contributed by atoms with Crippen molar-refractivity contribution >= 4 is 22.7 Å². The minimum atomic E-state index is 0.896. The van der Waals surface area contributed by atoms with Crippen LogP contribution < -0.4 is 4.74 Å². The molecular formula is C17H16N2OS. The summed E-state index contributed by atoms with van der Waals surface area (Å²) in [5.41, 5.74) is 2.31. The zero-order valence-corrected chi connectivity index (χ0v) is 12.6. The average Bonchev–Trinajstić information content (AvgIpc) is 2.56. The first-order valence-corrected chi connectivity index (χ1v) is 7.81. The van der Waals surface area contributed by atoms with Crippen molar-refractivity contribution in [2.45, 2.75) is 11.4 Å². The lowest BCUT2D eigenvalue weighted by molar-refractivity contribution is 0.414. The molecule has 21 heavy (non-hydrogen) atoms. The van der Waals surface area contributed by atoms with Crippen LogP contribution in [-0.2, 0) is 6.42 Å². The second kappa shape index (κ2) is 6.59. The van der Waals surface area contributed by atoms with Crippen LogP contribution in [0, 0.1) is 0 Å². The van der Waals surface area contributed by atoms with Crippen molar-refractivity contribution in [2.75, 3.05) is 12.9 Å². The molecule has 2 aromatic carbocycles. The van der Waals surface area contributed by atoms with Crippen molar-refractivity contribution in [3.63, 3.8) is 0 Å². The number of hydrogen-bond acceptors (Lipinski definition) is 4. The van der Waals surface area contributed by atoms with Crippen LogP contribution in [0.5, 0.6) is 5.75 Å². The van der Waals surface area contributed by atoms with Crippen LogP contribution in [0.25, 0.3) is 10.9 Å². The van der Waals surface area contributed by atoms with Crippen molar-refractivity contribution in [1.82, 2.24) is 9.97 Å². The number of aromatic nitrogens is 2. The van der Waals surface area contributed by atoms with E-state index >= 15 is 0 Å². The molecule has 3 aromatic rings. The van der Waals surface area contributed by atoms with Gasteiger partial charge in [-0.3, -0.25) is 0 Å². The van der Waals surface area contributed by atoms with E-state index in [-0.39, 0.29) is 0 Å². The first kappa shape index (κ1) is 13.9. The minimum Gasteiger partial charge on any atom is -0.497 e. The molecule has 0 atom stereocenters. The summed E-state index contributed by atoms with van der Waals surface area (Å²) in [6.07, 6.45) is 2.64. The maximum atomic E-state index is 5.17. The van der Waals surface area contributed by atoms with Gasteiger partial charge < -0.3 is 4.74 Å². The third-order valence-electron chi connectivity index (χ3n) is 3.29. The second-order valence-electron chi connectivity index (χ2n) is 4.64. The summed E-state index contributed by atoms with van der Waals surface area (Å²) in [5, 5.41) is 2.17. The van der Waals surface area contributed by atoms with Gasteiger partial charge >= 0.3 is 0 Å². The largest absolute Gasteiger partial charge is 0.497 e. The Hall–Kier alpha value is -2.07. The van der Waals surface area contributed by atoms with Gasteiger partial charge in [-0.1, -0.05) is 30.3 Å². The highest BCUT2D eigenvalue weighted by atomic mass is 32.2. The molecule has 0 aliphatic heterocycles. The standard InChI is InChI=1S/C17H16N2OS/c1-20-14-8-6-13(7-9-14)10-11-21-17-15-4-2-3-5-16(15)18-12-19-17/h2-9,12H,10-11H2,1H3. The van der Waals surface area contributed by atoms with E-state index in [1.165, 1.54) is 5.56 Å². The van der Waals surface area contributed by atoms with Crippen molar-refractivity contribution in [1.29, 1.82) is 0 Å². The number of rotatable bonds is 5. The van der Waals surface area contributed by atoms with E-state index in [1.54, 1.807) is 25.2 Å². The highest BCUT2D eigenvalue weighted by Gasteiger charge is 2.03. The molecule has 0 aliphatic carbocycles. The Bertz CT molecular complexity index is 723. The van der Waals surface area contributed by atoms with E-state index in [0.717, 1.165) is 33.9 Å². The number of thioether (sulfide) groups is 1. The smallest absolute Gasteiger partial charge is 0.118 e. The van der Waals surface area contributed by atoms with Gasteiger partial charge in [0.2, 0.25) is 0 Å². The fraction of sp³-hybridized carbons (Fsp3) is 0.176. The van der Waals surface area contributed by atoms with Gasteiger partial charge in [-0.25, -0.2) is 9.97 Å². The molecular weight excluding hydrogens is 280 g/mol. The molecule has 0 fully saturated rings. The molecule has 0 bridgehead atoms. The maximum Gasteiger partial charge on any atom is 0.118 e. The van der Waals surface area contributed by atoms with Crippen LogP contribution in [0.3, 0.4) is 0 Å². The van der Waals surface area contributed by atoms with Crippen LogP contribution in [0.2, 0.25) is 0 Å². The minimum absolute atomic E-state index is 0.896. The molecule has 0 saturated carbocycles. The first-order valence-electron chi connectivity index (χ1n) is 6.82. The normalized spacial score (nSPS) is 10.7. The Balaban J connectivity index is 1.66. The number of methoxy groups -OCH3 is 1. The third kappa shape index (κ3) is 3.34. The lowest BCUT2D eigenvalue weighted by Gasteiger charge is -2.05. The van der Waals surface area contributed by atoms with Crippen molar-refractivity contribution in [2.24, 2.45) is 0 Å². The molecule has 1 heterocycles. The van der Waals surface area contributed by atoms with Crippen LogP contribution in [-0.4, -0.2) is 22.8 Å². The van der Waals surface area contributed by atoms with Gasteiger partial charge in [0.25, 0.3) is 0 Å². The lowest BCUT2D eigenvalue weighted by atomic mass is 10.2. The monoisotopic (exact) mass is 296 g/mol. The maximum absolute atomic E-state index is 5.17. The molecule has 0 unspecified atom stereocenters. The number of hydrogen-bond donors (Lipinski definition) is 0. The van der Waals surface area contributed by atoms with E-state index < -0.39 is 0 Å². The lowest BCUT2D eigenvalue weighted by Crippen LogP contribution is -1.92. The van der Waals surface area contributed by atoms with Gasteiger partial charge in [0.1, 0.15) is 17.1 Å². The zero-order valence-electron chi connectivity index (χ0n) is 11.8. The van der Waals surface area contributed by atoms with E-state index in [4.69, 9.17) is 4.74 Å². The quantitative estimate of drug-likeness (QED) is 0.527. The molecule has 0 N–H and O–H groups in total. The molecule has 0 aliphatic rings. The fourth-order valence-electron chi connectivity index (χ4n) is 2.15. The molecule has 0 radical (unpaired) electrons. The molecule has 3 nitrogen and oxygen atoms in total. The summed E-state index contributed by atoms with van der Waals surface area (Å²) in [4.78, 5) is 8.69. The second-order valence-corrected chi connectivity index (χ2v) is 5.73. The molecule has 1 aromatic heterocycles. The molecule has 0 saturated heterocycles. The number of aryl methyl sites for hydroxylation is 1. The van der Waals surface area contributed by atoms with Crippen LogP contribution in [0.15, 0.2) is 59.9 Å². The van der Waals surface area contributed by atoms with Gasteiger partial charge in [0.05, 0.1) is 12.6 Å². The van der Waals surface area contributed by atoms with Crippen molar-refractivity contribution in [3.05, 3.63) is 60.4 Å². The summed E-state index contributed by atoms with van der Waals surface area (Å²) in [7, 11) is 1.69. The summed E-state index contributed by atoms with van der Waals surface area (Å²) in [5.74, 6) is 1.89. The molecule has 0 amide bonds. The topological polar surface area (TPSA) is 35.0 Å². The van der Waals surface area contributed by atoms with Gasteiger partial charge in [-0.15, -0.1) is 11.8 Å². The predicted octanol–water partition coefficient (Wildman–Crippen LogP) is 3.97. The number of nitrogens with zero attached hydrogens (tertiary/aromatic N) is 2. The predicted molar refractivity (Wildman–Crippen MR) is 87.0 cm³/mol. The first-order chi connectivity index (χ1) is 10.4. The average molecular weight is 296 g/mol. The fourth-order valence-corrected chi connectivity index (χ4v) is 3.13. The SMILES string of the molecule is COc1ccc(CCSc2ncnc3ccccc23)cc1. The summed E-state index contributed by atoms with van der Waals surface area (Å²) >= 11 is 1.77. The third-order valence-corrected chi connectivity index (χ3v) is 4.30. The van der Waals surface area contributed by atoms with Gasteiger partial charge in [-0.2, -0.15) is 0 Å². The Morgan fingerprint density at radius 3 is 2.62 bits per heavy atom. The Labute approximate surface area is 128 Å². The Morgan fingerprint density at radius 1 is 1.00 bits per heavy atom. The molecule has 3 rings (SSSR count). The molecule has 106 valence electrons. The highest BCUT2D eigenvalue weighted by Crippen LogP contribution is 2.25. The summed E-state index contributed by atoms with van der Waals surface area (Å²) in [6, 6.07) is 16.3. The van der Waals surface area contributed by atoms with Gasteiger partial charge in [0, 0.05) is 11.1 Å². The Kier molecular flexibility index (Phi) is 4.36. The van der Waals surface area contributed by atoms with Gasteiger partial charge in [-0.05, 0) is 30.2 Å². The van der Waals surface area contributed by atoms with Gasteiger partial charge in [0.15, 0.2) is 0 Å². The number of fused-ring (bicyclic) bond motifs is 1. The van der Waals surface area contributed by atoms with E-state index in [1.807, 2.05) is 30.3 Å². The van der Waals surface area contributed by atoms with E-state index in [0.29, 0.717) is 0 Å². The van der Waals surface area contributed by atoms with E-state index in [9.17, 15) is 0 Å². The van der Waals surface area contributed by atoms with Crippen molar-refractivity contribution < 1.29 is 4.74 Å². The number of ether oxygens (including phenoxy) is 1. The summed E-state index contributed by atoms with van der Waals surface area (Å²) in [6.45, 7) is 0. The van der Waals surface area contributed by atoms with Crippen LogP contribution >= 0.6 is 11.8 Å². The highest BCUT2D eigenvalue weighted by molar-refractivity contribution is 7.99. The number of benzene rings is 2. The molecule has 4 heteroatoms.